The van der Waals surface area contributed by atoms with Crippen molar-refractivity contribution in [3.05, 3.63) is 17.0 Å². The van der Waals surface area contributed by atoms with Crippen LogP contribution in [0.5, 0.6) is 0 Å². The van der Waals surface area contributed by atoms with Gasteiger partial charge >= 0.3 is 0 Å². The lowest BCUT2D eigenvalue weighted by molar-refractivity contribution is 0.542. The highest BCUT2D eigenvalue weighted by atomic mass is 35.5. The van der Waals surface area contributed by atoms with Crippen LogP contribution in [-0.4, -0.2) is 33.2 Å². The number of nitrogens with zero attached hydrogens (tertiary/aromatic N) is 5. The van der Waals surface area contributed by atoms with E-state index < -0.39 is 0 Å². The van der Waals surface area contributed by atoms with Gasteiger partial charge in [-0.25, -0.2) is 0 Å². The highest BCUT2D eigenvalue weighted by Gasteiger charge is 2.21. The largest absolute Gasteiger partial charge is 0.359 e. The molecule has 0 aromatic carbocycles. The highest BCUT2D eigenvalue weighted by molar-refractivity contribution is 6.30. The second kappa shape index (κ2) is 4.96. The first-order chi connectivity index (χ1) is 9.16. The topological polar surface area (TPSA) is 46.3 Å². The van der Waals surface area contributed by atoms with Gasteiger partial charge in [-0.2, -0.15) is 19.6 Å². The molecule has 102 valence electrons. The molecule has 6 heteroatoms. The van der Waals surface area contributed by atoms with E-state index in [2.05, 4.69) is 27.0 Å². The minimum atomic E-state index is 0.508. The van der Waals surface area contributed by atoms with Gasteiger partial charge in [0.25, 0.3) is 5.78 Å². The van der Waals surface area contributed by atoms with Crippen LogP contribution in [0.4, 0.5) is 5.82 Å². The SMILES string of the molecule is Cc1c(Cl)nc2ncnn2c1N(C)CC1CCCC1. The fourth-order valence-electron chi connectivity index (χ4n) is 3.00. The smallest absolute Gasteiger partial charge is 0.255 e. The molecule has 2 aromatic rings. The van der Waals surface area contributed by atoms with Crippen molar-refractivity contribution in [3.63, 3.8) is 0 Å². The van der Waals surface area contributed by atoms with Gasteiger partial charge in [-0.1, -0.05) is 24.4 Å². The van der Waals surface area contributed by atoms with Crippen LogP contribution < -0.4 is 4.90 Å². The summed E-state index contributed by atoms with van der Waals surface area (Å²) in [5.41, 5.74) is 0.958. The van der Waals surface area contributed by atoms with Crippen LogP contribution >= 0.6 is 11.6 Å². The van der Waals surface area contributed by atoms with Gasteiger partial charge in [-0.15, -0.1) is 0 Å². The first-order valence-electron chi connectivity index (χ1n) is 6.74. The molecule has 2 heterocycles. The zero-order chi connectivity index (χ0) is 13.4. The van der Waals surface area contributed by atoms with E-state index in [-0.39, 0.29) is 0 Å². The second-order valence-corrected chi connectivity index (χ2v) is 5.71. The summed E-state index contributed by atoms with van der Waals surface area (Å²) in [5.74, 6) is 2.33. The number of aromatic nitrogens is 4. The molecule has 2 aromatic heterocycles. The quantitative estimate of drug-likeness (QED) is 0.811. The average molecular weight is 280 g/mol. The Labute approximate surface area is 117 Å². The summed E-state index contributed by atoms with van der Waals surface area (Å²) in [5, 5.41) is 4.77. The highest BCUT2D eigenvalue weighted by Crippen LogP contribution is 2.29. The average Bonchev–Trinajstić information content (AvgIpc) is 3.01. The van der Waals surface area contributed by atoms with Crippen LogP contribution in [0.25, 0.3) is 5.78 Å². The van der Waals surface area contributed by atoms with E-state index in [0.717, 1.165) is 23.8 Å². The van der Waals surface area contributed by atoms with Crippen molar-refractivity contribution in [2.24, 2.45) is 5.92 Å². The Balaban J connectivity index is 1.97. The minimum Gasteiger partial charge on any atom is -0.359 e. The zero-order valence-corrected chi connectivity index (χ0v) is 12.1. The molecule has 1 fully saturated rings. The number of halogens is 1. The van der Waals surface area contributed by atoms with Crippen molar-refractivity contribution in [2.75, 3.05) is 18.5 Å². The van der Waals surface area contributed by atoms with Gasteiger partial charge in [0.1, 0.15) is 17.3 Å². The monoisotopic (exact) mass is 279 g/mol. The van der Waals surface area contributed by atoms with E-state index in [1.807, 2.05) is 6.92 Å². The van der Waals surface area contributed by atoms with Gasteiger partial charge < -0.3 is 4.90 Å². The van der Waals surface area contributed by atoms with Crippen LogP contribution in [0.15, 0.2) is 6.33 Å². The lowest BCUT2D eigenvalue weighted by atomic mass is 10.1. The first kappa shape index (κ1) is 12.7. The molecule has 1 aliphatic rings. The third kappa shape index (κ3) is 2.27. The van der Waals surface area contributed by atoms with Crippen LogP contribution in [-0.2, 0) is 0 Å². The summed E-state index contributed by atoms with van der Waals surface area (Å²) >= 11 is 6.19. The van der Waals surface area contributed by atoms with Gasteiger partial charge in [0.2, 0.25) is 0 Å². The Bertz CT molecular complexity index is 588. The third-order valence-corrected chi connectivity index (χ3v) is 4.31. The van der Waals surface area contributed by atoms with Gasteiger partial charge in [0, 0.05) is 19.2 Å². The van der Waals surface area contributed by atoms with Crippen LogP contribution in [0.1, 0.15) is 31.2 Å². The summed E-state index contributed by atoms with van der Waals surface area (Å²) in [7, 11) is 2.10. The predicted octanol–water partition coefficient (Wildman–Crippen LogP) is 2.71. The molecule has 0 bridgehead atoms. The maximum atomic E-state index is 6.19. The van der Waals surface area contributed by atoms with Gasteiger partial charge in [-0.05, 0) is 25.7 Å². The molecule has 0 aliphatic heterocycles. The van der Waals surface area contributed by atoms with Gasteiger partial charge in [0.05, 0.1) is 0 Å². The summed E-state index contributed by atoms with van der Waals surface area (Å²) in [6.07, 6.45) is 6.87. The fraction of sp³-hybridized carbons (Fsp3) is 0.615. The lowest BCUT2D eigenvalue weighted by Crippen LogP contribution is -2.27. The van der Waals surface area contributed by atoms with Crippen molar-refractivity contribution < 1.29 is 0 Å². The molecule has 0 unspecified atom stereocenters. The molecule has 0 N–H and O–H groups in total. The van der Waals surface area contributed by atoms with Crippen molar-refractivity contribution in [2.45, 2.75) is 32.6 Å². The van der Waals surface area contributed by atoms with E-state index in [4.69, 9.17) is 11.6 Å². The molecule has 0 radical (unpaired) electrons. The van der Waals surface area contributed by atoms with E-state index >= 15 is 0 Å². The Kier molecular flexibility index (Phi) is 3.31. The molecular weight excluding hydrogens is 262 g/mol. The number of hydrogen-bond acceptors (Lipinski definition) is 4. The predicted molar refractivity (Wildman–Crippen MR) is 75.8 cm³/mol. The van der Waals surface area contributed by atoms with Crippen LogP contribution in [0.3, 0.4) is 0 Å². The summed E-state index contributed by atoms with van der Waals surface area (Å²) in [4.78, 5) is 10.6. The summed E-state index contributed by atoms with van der Waals surface area (Å²) in [6, 6.07) is 0. The molecule has 19 heavy (non-hydrogen) atoms. The van der Waals surface area contributed by atoms with Crippen LogP contribution in [0.2, 0.25) is 5.15 Å². The van der Waals surface area contributed by atoms with E-state index in [0.29, 0.717) is 10.9 Å². The van der Waals surface area contributed by atoms with E-state index in [1.54, 1.807) is 4.52 Å². The number of rotatable bonds is 3. The molecule has 1 aliphatic carbocycles. The number of fused-ring (bicyclic) bond motifs is 1. The molecule has 0 atom stereocenters. The number of anilines is 1. The first-order valence-corrected chi connectivity index (χ1v) is 7.11. The standard InChI is InChI=1S/C13H18ClN5/c1-9-11(14)17-13-15-8-16-19(13)12(9)18(2)7-10-5-3-4-6-10/h8,10H,3-7H2,1-2H3. The summed E-state index contributed by atoms with van der Waals surface area (Å²) < 4.78 is 1.77. The molecule has 5 nitrogen and oxygen atoms in total. The van der Waals surface area contributed by atoms with Crippen molar-refractivity contribution in [1.29, 1.82) is 0 Å². The Hall–Kier alpha value is -1.36. The van der Waals surface area contributed by atoms with Crippen molar-refractivity contribution >= 4 is 23.2 Å². The molecule has 0 spiro atoms. The Morgan fingerprint density at radius 2 is 2.16 bits per heavy atom. The van der Waals surface area contributed by atoms with Crippen LogP contribution in [0, 0.1) is 12.8 Å². The summed E-state index contributed by atoms with van der Waals surface area (Å²) in [6.45, 7) is 3.02. The molecule has 0 amide bonds. The molecule has 1 saturated carbocycles. The lowest BCUT2D eigenvalue weighted by Gasteiger charge is -2.25. The number of hydrogen-bond donors (Lipinski definition) is 0. The Morgan fingerprint density at radius 3 is 2.89 bits per heavy atom. The minimum absolute atomic E-state index is 0.508. The zero-order valence-electron chi connectivity index (χ0n) is 11.3. The van der Waals surface area contributed by atoms with Gasteiger partial charge in [0.15, 0.2) is 0 Å². The van der Waals surface area contributed by atoms with E-state index in [1.165, 1.54) is 32.0 Å². The van der Waals surface area contributed by atoms with Gasteiger partial charge in [-0.3, -0.25) is 0 Å². The third-order valence-electron chi connectivity index (χ3n) is 3.94. The molecular formula is C13H18ClN5. The van der Waals surface area contributed by atoms with Crippen molar-refractivity contribution in [1.82, 2.24) is 19.6 Å². The second-order valence-electron chi connectivity index (χ2n) is 5.35. The van der Waals surface area contributed by atoms with Crippen molar-refractivity contribution in [3.8, 4) is 0 Å². The normalized spacial score (nSPS) is 16.4. The van der Waals surface area contributed by atoms with E-state index in [9.17, 15) is 0 Å². The maximum Gasteiger partial charge on any atom is 0.255 e. The Morgan fingerprint density at radius 1 is 1.42 bits per heavy atom. The maximum absolute atomic E-state index is 6.19. The molecule has 0 saturated heterocycles. The molecule has 3 rings (SSSR count). The fourth-order valence-corrected chi connectivity index (χ4v) is 3.16.